The first-order valence-electron chi connectivity index (χ1n) is 11.6. The van der Waals surface area contributed by atoms with Crippen molar-refractivity contribution >= 4 is 19.5 Å². The Morgan fingerprint density at radius 1 is 1.31 bits per heavy atom. The van der Waals surface area contributed by atoms with Crippen molar-refractivity contribution in [1.29, 1.82) is 0 Å². The molecule has 1 saturated heterocycles. The number of para-hydroxylation sites is 1. The highest BCUT2D eigenvalue weighted by molar-refractivity contribution is 7.52. The number of carbonyl (C=O) groups excluding carboxylic acids is 1. The van der Waals surface area contributed by atoms with Gasteiger partial charge in [-0.3, -0.25) is 13.9 Å². The van der Waals surface area contributed by atoms with Crippen molar-refractivity contribution in [2.24, 2.45) is 0 Å². The fourth-order valence-electron chi connectivity index (χ4n) is 4.20. The number of nitrogens with zero attached hydrogens (tertiary/aromatic N) is 2. The molecule has 0 radical (unpaired) electrons. The van der Waals surface area contributed by atoms with Crippen molar-refractivity contribution < 1.29 is 32.3 Å². The molecule has 1 aliphatic heterocycles. The van der Waals surface area contributed by atoms with Crippen molar-refractivity contribution in [1.82, 2.24) is 14.6 Å². The van der Waals surface area contributed by atoms with E-state index in [1.165, 1.54) is 26.1 Å². The molecular weight excluding hydrogens is 494 g/mol. The molecule has 0 amide bonds. The van der Waals surface area contributed by atoms with Gasteiger partial charge in [0.15, 0.2) is 11.9 Å². The van der Waals surface area contributed by atoms with Gasteiger partial charge < -0.3 is 19.7 Å². The third-order valence-electron chi connectivity index (χ3n) is 5.86. The van der Waals surface area contributed by atoms with Crippen LogP contribution in [0.3, 0.4) is 0 Å². The van der Waals surface area contributed by atoms with Gasteiger partial charge in [-0.1, -0.05) is 18.2 Å². The van der Waals surface area contributed by atoms with Crippen LogP contribution in [-0.2, 0) is 23.4 Å². The Morgan fingerprint density at radius 2 is 2.00 bits per heavy atom. The second-order valence-corrected chi connectivity index (χ2v) is 11.2. The summed E-state index contributed by atoms with van der Waals surface area (Å²) >= 11 is 0. The number of nitrogens with one attached hydrogen (secondary N) is 1. The third-order valence-corrected chi connectivity index (χ3v) is 7.55. The van der Waals surface area contributed by atoms with Crippen LogP contribution >= 0.6 is 7.75 Å². The number of esters is 1. The highest BCUT2D eigenvalue weighted by Crippen LogP contribution is 2.63. The van der Waals surface area contributed by atoms with E-state index in [1.807, 2.05) is 0 Å². The maximum atomic E-state index is 15.6. The number of benzene rings is 1. The summed E-state index contributed by atoms with van der Waals surface area (Å²) in [4.78, 5) is 28.3. The molecule has 0 bridgehead atoms. The van der Waals surface area contributed by atoms with Crippen LogP contribution in [0.15, 0.2) is 47.4 Å². The van der Waals surface area contributed by atoms with E-state index >= 15 is 4.39 Å². The summed E-state index contributed by atoms with van der Waals surface area (Å²) in [5.41, 5.74) is 1.69. The van der Waals surface area contributed by atoms with Crippen LogP contribution < -0.4 is 21.0 Å². The number of aromatic nitrogens is 2. The molecule has 1 aromatic heterocycles. The minimum Gasteiger partial charge on any atom is -0.462 e. The standard InChI is InChI=1S/C23H30FN4O7P/c1-14(2)32-19(29)15(3)27-36(31,34-16-8-6-5-7-9-16)35-17-12-23(17)13-22(4,24)20(33-23)28-11-10-18(25)26-21(28)30/h5-11,14-15,17,20H,12-13H2,1-4H3,(H,27,31)(H2,25,26,30)/t15-,17+,20-,22-,23?,36-/m1/s1. The van der Waals surface area contributed by atoms with E-state index in [4.69, 9.17) is 24.3 Å². The smallest absolute Gasteiger partial charge is 0.459 e. The van der Waals surface area contributed by atoms with Gasteiger partial charge in [0.25, 0.3) is 0 Å². The first-order valence-corrected chi connectivity index (χ1v) is 13.1. The van der Waals surface area contributed by atoms with E-state index < -0.39 is 49.0 Å². The number of alkyl halides is 1. The number of carbonyl (C=O) groups is 1. The highest BCUT2D eigenvalue weighted by atomic mass is 31.2. The van der Waals surface area contributed by atoms with Gasteiger partial charge in [-0.05, 0) is 45.9 Å². The van der Waals surface area contributed by atoms with Gasteiger partial charge in [0, 0.05) is 19.0 Å². The fraction of sp³-hybridized carbons (Fsp3) is 0.522. The van der Waals surface area contributed by atoms with Crippen LogP contribution in [0.5, 0.6) is 5.75 Å². The Kier molecular flexibility index (Phi) is 7.00. The summed E-state index contributed by atoms with van der Waals surface area (Å²) in [6.07, 6.45) is -1.09. The van der Waals surface area contributed by atoms with E-state index in [-0.39, 0.29) is 30.5 Å². The van der Waals surface area contributed by atoms with Crippen LogP contribution in [0.25, 0.3) is 0 Å². The molecule has 196 valence electrons. The molecular formula is C23H30FN4O7P. The maximum Gasteiger partial charge on any atom is 0.459 e. The van der Waals surface area contributed by atoms with E-state index in [0.717, 1.165) is 4.57 Å². The molecule has 1 aromatic carbocycles. The molecule has 2 aromatic rings. The summed E-state index contributed by atoms with van der Waals surface area (Å²) in [5.74, 6) is -0.389. The van der Waals surface area contributed by atoms with Crippen molar-refractivity contribution in [3.8, 4) is 5.75 Å². The Bertz CT molecular complexity index is 1220. The Balaban J connectivity index is 1.53. The normalized spacial score (nSPS) is 29.6. The molecule has 3 N–H and O–H groups in total. The van der Waals surface area contributed by atoms with Crippen LogP contribution in [0.1, 0.15) is 46.8 Å². The largest absolute Gasteiger partial charge is 0.462 e. The average molecular weight is 524 g/mol. The number of nitrogen functional groups attached to an aromatic ring is 1. The first-order chi connectivity index (χ1) is 16.8. The lowest BCUT2D eigenvalue weighted by Gasteiger charge is -2.24. The lowest BCUT2D eigenvalue weighted by atomic mass is 10.0. The van der Waals surface area contributed by atoms with Gasteiger partial charge in [-0.2, -0.15) is 10.1 Å². The van der Waals surface area contributed by atoms with Crippen LogP contribution in [0.2, 0.25) is 0 Å². The van der Waals surface area contributed by atoms with Crippen molar-refractivity contribution in [3.63, 3.8) is 0 Å². The average Bonchev–Trinajstić information content (AvgIpc) is 3.32. The highest BCUT2D eigenvalue weighted by Gasteiger charge is 2.70. The Morgan fingerprint density at radius 3 is 2.64 bits per heavy atom. The Labute approximate surface area is 207 Å². The number of ether oxygens (including phenoxy) is 2. The van der Waals surface area contributed by atoms with Gasteiger partial charge in [-0.15, -0.1) is 0 Å². The molecule has 1 spiro atoms. The third kappa shape index (κ3) is 5.62. The number of rotatable bonds is 9. The molecule has 4 rings (SSSR count). The molecule has 36 heavy (non-hydrogen) atoms. The van der Waals surface area contributed by atoms with Gasteiger partial charge >= 0.3 is 19.4 Å². The maximum absolute atomic E-state index is 15.6. The monoisotopic (exact) mass is 524 g/mol. The predicted octanol–water partition coefficient (Wildman–Crippen LogP) is 3.12. The molecule has 2 heterocycles. The summed E-state index contributed by atoms with van der Waals surface area (Å²) < 4.78 is 53.1. The van der Waals surface area contributed by atoms with Crippen LogP contribution in [0.4, 0.5) is 10.2 Å². The number of halogens is 1. The quantitative estimate of drug-likeness (QED) is 0.371. The SMILES string of the molecule is CC(C)OC(=O)[C@@H](C)N[P@@](=O)(Oc1ccccc1)O[C@H]1CC12C[C@@](C)(F)[C@H](n1ccc(N)nc1=O)O2. The number of hydrogen-bond donors (Lipinski definition) is 2. The summed E-state index contributed by atoms with van der Waals surface area (Å²) in [7, 11) is -4.17. The second-order valence-electron chi connectivity index (χ2n) is 9.57. The van der Waals surface area contributed by atoms with Gasteiger partial charge in [0.1, 0.15) is 29.3 Å². The zero-order valence-electron chi connectivity index (χ0n) is 20.4. The second kappa shape index (κ2) is 9.59. The molecule has 1 aliphatic carbocycles. The molecule has 11 nitrogen and oxygen atoms in total. The minimum atomic E-state index is -4.17. The van der Waals surface area contributed by atoms with Crippen molar-refractivity contribution in [2.75, 3.05) is 5.73 Å². The van der Waals surface area contributed by atoms with Crippen LogP contribution in [0, 0.1) is 0 Å². The zero-order chi connectivity index (χ0) is 26.3. The summed E-state index contributed by atoms with van der Waals surface area (Å²) in [6, 6.07) is 8.64. The number of anilines is 1. The Hall–Kier alpha value is -2.79. The van der Waals surface area contributed by atoms with Crippen LogP contribution in [-0.4, -0.2) is 45.0 Å². The van der Waals surface area contributed by atoms with Crippen molar-refractivity contribution in [2.45, 2.75) is 76.3 Å². The van der Waals surface area contributed by atoms with E-state index in [1.54, 1.807) is 44.2 Å². The minimum absolute atomic E-state index is 0.00680. The molecule has 2 fully saturated rings. The van der Waals surface area contributed by atoms with Gasteiger partial charge in [0.05, 0.1) is 6.10 Å². The molecule has 6 atom stereocenters. The predicted molar refractivity (Wildman–Crippen MR) is 128 cm³/mol. The molecule has 1 saturated carbocycles. The lowest BCUT2D eigenvalue weighted by Crippen LogP contribution is -2.36. The fourth-order valence-corrected chi connectivity index (χ4v) is 5.94. The van der Waals surface area contributed by atoms with Crippen molar-refractivity contribution in [3.05, 3.63) is 53.1 Å². The summed E-state index contributed by atoms with van der Waals surface area (Å²) in [6.45, 7) is 6.17. The van der Waals surface area contributed by atoms with E-state index in [0.29, 0.717) is 0 Å². The van der Waals surface area contributed by atoms with Gasteiger partial charge in [0.2, 0.25) is 0 Å². The van der Waals surface area contributed by atoms with E-state index in [9.17, 15) is 14.2 Å². The first kappa shape index (κ1) is 26.3. The zero-order valence-corrected chi connectivity index (χ0v) is 21.3. The number of nitrogens with two attached hydrogens (primary N) is 1. The molecule has 1 unspecified atom stereocenters. The van der Waals surface area contributed by atoms with E-state index in [2.05, 4.69) is 10.1 Å². The van der Waals surface area contributed by atoms with Gasteiger partial charge in [-0.25, -0.2) is 13.8 Å². The molecule has 2 aliphatic rings. The molecule has 13 heteroatoms. The number of hydrogen-bond acceptors (Lipinski definition) is 9. The summed E-state index contributed by atoms with van der Waals surface area (Å²) in [5, 5.41) is 2.61. The topological polar surface area (TPSA) is 144 Å². The lowest BCUT2D eigenvalue weighted by molar-refractivity contribution is -0.149.